The number of aromatic nitrogens is 3. The summed E-state index contributed by atoms with van der Waals surface area (Å²) in [5.74, 6) is -1.28. The minimum absolute atomic E-state index is 0.163. The molecule has 12 heteroatoms. The molecule has 0 unspecified atom stereocenters. The van der Waals surface area contributed by atoms with E-state index in [1.807, 2.05) is 6.92 Å². The molecule has 0 aliphatic carbocycles. The number of carbonyl (C=O) groups excluding carboxylic acids is 1. The van der Waals surface area contributed by atoms with Crippen LogP contribution in [0.25, 0.3) is 22.0 Å². The summed E-state index contributed by atoms with van der Waals surface area (Å²) >= 11 is 5.99. The number of sulfonamides is 1. The Balaban J connectivity index is 1.73. The molecule has 4 aromatic rings. The summed E-state index contributed by atoms with van der Waals surface area (Å²) in [6.07, 6.45) is 3.44. The molecule has 0 fully saturated rings. The van der Waals surface area contributed by atoms with Crippen LogP contribution in [0.4, 0.5) is 10.1 Å². The van der Waals surface area contributed by atoms with Gasteiger partial charge in [-0.25, -0.2) is 17.8 Å². The fourth-order valence-corrected chi connectivity index (χ4v) is 5.62. The smallest absolute Gasteiger partial charge is 0.263 e. The van der Waals surface area contributed by atoms with Crippen LogP contribution in [0.5, 0.6) is 0 Å². The van der Waals surface area contributed by atoms with Crippen molar-refractivity contribution < 1.29 is 17.6 Å². The second kappa shape index (κ2) is 10.9. The minimum Gasteiger partial charge on any atom is -0.359 e. The van der Waals surface area contributed by atoms with E-state index in [0.29, 0.717) is 34.1 Å². The zero-order chi connectivity index (χ0) is 27.6. The number of nitrogens with one attached hydrogen (secondary N) is 2. The lowest BCUT2D eigenvalue weighted by Gasteiger charge is -2.14. The second-order valence-corrected chi connectivity index (χ2v) is 10.8. The molecule has 0 bridgehead atoms. The van der Waals surface area contributed by atoms with E-state index >= 15 is 0 Å². The van der Waals surface area contributed by atoms with Crippen LogP contribution in [0.2, 0.25) is 5.02 Å². The van der Waals surface area contributed by atoms with E-state index in [1.54, 1.807) is 37.4 Å². The van der Waals surface area contributed by atoms with Gasteiger partial charge in [-0.1, -0.05) is 31.5 Å². The highest BCUT2D eigenvalue weighted by atomic mass is 35.5. The summed E-state index contributed by atoms with van der Waals surface area (Å²) in [6.45, 7) is 3.71. The monoisotopic (exact) mass is 557 g/mol. The van der Waals surface area contributed by atoms with Gasteiger partial charge in [0.25, 0.3) is 15.6 Å². The average molecular weight is 558 g/mol. The molecule has 38 heavy (non-hydrogen) atoms. The number of hydrogen-bond acceptors (Lipinski definition) is 6. The minimum atomic E-state index is -4.14. The Hall–Kier alpha value is -3.83. The largest absolute Gasteiger partial charge is 0.359 e. The number of aryl methyl sites for hydroxylation is 1. The quantitative estimate of drug-likeness (QED) is 0.337. The van der Waals surface area contributed by atoms with Gasteiger partial charge < -0.3 is 5.32 Å². The summed E-state index contributed by atoms with van der Waals surface area (Å²) in [5, 5.41) is 2.66. The van der Waals surface area contributed by atoms with Gasteiger partial charge in [-0.2, -0.15) is 0 Å². The summed E-state index contributed by atoms with van der Waals surface area (Å²) in [6, 6.07) is 9.75. The number of fused-ring (bicyclic) bond motifs is 1. The summed E-state index contributed by atoms with van der Waals surface area (Å²) in [5.41, 5.74) is 2.06. The Morgan fingerprint density at radius 2 is 1.89 bits per heavy atom. The van der Waals surface area contributed by atoms with Crippen LogP contribution in [0.15, 0.2) is 64.7 Å². The van der Waals surface area contributed by atoms with Gasteiger partial charge >= 0.3 is 0 Å². The highest BCUT2D eigenvalue weighted by molar-refractivity contribution is 7.92. The lowest BCUT2D eigenvalue weighted by Crippen LogP contribution is -2.32. The van der Waals surface area contributed by atoms with Crippen molar-refractivity contribution in [1.29, 1.82) is 0 Å². The predicted octanol–water partition coefficient (Wildman–Crippen LogP) is 4.00. The van der Waals surface area contributed by atoms with Crippen molar-refractivity contribution >= 4 is 44.1 Å². The maximum absolute atomic E-state index is 13.4. The molecule has 0 aliphatic heterocycles. The van der Waals surface area contributed by atoms with Gasteiger partial charge in [-0.3, -0.25) is 23.9 Å². The van der Waals surface area contributed by atoms with Crippen LogP contribution in [-0.4, -0.2) is 35.9 Å². The van der Waals surface area contributed by atoms with E-state index in [-0.39, 0.29) is 33.6 Å². The first kappa shape index (κ1) is 27.2. The third kappa shape index (κ3) is 5.53. The summed E-state index contributed by atoms with van der Waals surface area (Å²) in [7, 11) is -2.61. The van der Waals surface area contributed by atoms with Crippen molar-refractivity contribution in [3.05, 3.63) is 81.9 Å². The molecule has 0 spiro atoms. The van der Waals surface area contributed by atoms with E-state index in [2.05, 4.69) is 20.0 Å². The first-order chi connectivity index (χ1) is 18.0. The molecule has 0 saturated heterocycles. The fourth-order valence-electron chi connectivity index (χ4n) is 4.01. The van der Waals surface area contributed by atoms with Crippen molar-refractivity contribution in [2.24, 2.45) is 5.92 Å². The molecule has 9 nitrogen and oxygen atoms in total. The second-order valence-electron chi connectivity index (χ2n) is 8.70. The third-order valence-corrected chi connectivity index (χ3v) is 7.90. The highest BCUT2D eigenvalue weighted by Gasteiger charge is 2.21. The molecule has 0 radical (unpaired) electrons. The van der Waals surface area contributed by atoms with Gasteiger partial charge in [-0.05, 0) is 48.4 Å². The highest BCUT2D eigenvalue weighted by Crippen LogP contribution is 2.29. The molecule has 2 aromatic heterocycles. The number of nitrogens with zero attached hydrogens (tertiary/aromatic N) is 3. The average Bonchev–Trinajstić information content (AvgIpc) is 2.89. The van der Waals surface area contributed by atoms with Crippen molar-refractivity contribution in [3.63, 3.8) is 0 Å². The number of hydrogen-bond donors (Lipinski definition) is 2. The van der Waals surface area contributed by atoms with Crippen LogP contribution in [0.1, 0.15) is 19.5 Å². The molecule has 4 rings (SSSR count). The molecule has 1 atom stereocenters. The molecule has 0 aliphatic rings. The Bertz CT molecular complexity index is 1710. The van der Waals surface area contributed by atoms with Crippen LogP contribution in [0, 0.1) is 11.7 Å². The molecular formula is C26H25ClFN5O4S. The first-order valence-corrected chi connectivity index (χ1v) is 13.6. The number of halogens is 2. The van der Waals surface area contributed by atoms with Crippen molar-refractivity contribution in [2.45, 2.75) is 31.7 Å². The SMILES string of the molecule is CCc1ncc(-c2ccc3ncn(C[C@@H](C)C(=O)NC)c(=O)c3c2)cc1NS(=O)(=O)c1ccc(F)cc1Cl. The summed E-state index contributed by atoms with van der Waals surface area (Å²) < 4.78 is 43.4. The number of rotatable bonds is 8. The molecule has 0 saturated carbocycles. The molecule has 2 heterocycles. The van der Waals surface area contributed by atoms with E-state index in [9.17, 15) is 22.4 Å². The Morgan fingerprint density at radius 3 is 2.58 bits per heavy atom. The zero-order valence-corrected chi connectivity index (χ0v) is 22.4. The van der Waals surface area contributed by atoms with E-state index in [1.165, 1.54) is 17.9 Å². The first-order valence-electron chi connectivity index (χ1n) is 11.7. The maximum atomic E-state index is 13.4. The van der Waals surface area contributed by atoms with Gasteiger partial charge in [0.1, 0.15) is 10.7 Å². The Morgan fingerprint density at radius 1 is 1.13 bits per heavy atom. The standard InChI is InChI=1S/C26H25ClFN5O4S/c1-4-21-23(32-38(36,37)24-8-6-18(28)11-20(24)27)10-17(12-30-21)16-5-7-22-19(9-16)26(35)33(14-31-22)13-15(2)25(34)29-3/h5-12,14-15,32H,4,13H2,1-3H3,(H,29,34)/t15-/m1/s1. The summed E-state index contributed by atoms with van der Waals surface area (Å²) in [4.78, 5) is 33.6. The number of anilines is 1. The Labute approximate surface area is 223 Å². The predicted molar refractivity (Wildman–Crippen MR) is 144 cm³/mol. The van der Waals surface area contributed by atoms with Crippen LogP contribution in [-0.2, 0) is 27.8 Å². The molecule has 1 amide bonds. The number of benzene rings is 2. The molecular weight excluding hydrogens is 533 g/mol. The van der Waals surface area contributed by atoms with Gasteiger partial charge in [0.05, 0.1) is 39.6 Å². The molecule has 2 aromatic carbocycles. The normalized spacial score (nSPS) is 12.3. The lowest BCUT2D eigenvalue weighted by atomic mass is 10.0. The van der Waals surface area contributed by atoms with Gasteiger partial charge in [0.2, 0.25) is 5.91 Å². The van der Waals surface area contributed by atoms with Gasteiger partial charge in [0, 0.05) is 25.4 Å². The van der Waals surface area contributed by atoms with E-state index in [4.69, 9.17) is 11.6 Å². The van der Waals surface area contributed by atoms with Gasteiger partial charge in [0.15, 0.2) is 0 Å². The van der Waals surface area contributed by atoms with Crippen molar-refractivity contribution in [1.82, 2.24) is 19.9 Å². The number of pyridine rings is 1. The van der Waals surface area contributed by atoms with E-state index < -0.39 is 21.8 Å². The lowest BCUT2D eigenvalue weighted by molar-refractivity contribution is -0.124. The topological polar surface area (TPSA) is 123 Å². The van der Waals surface area contributed by atoms with Gasteiger partial charge in [-0.15, -0.1) is 0 Å². The number of amides is 1. The van der Waals surface area contributed by atoms with E-state index in [0.717, 1.165) is 18.2 Å². The zero-order valence-electron chi connectivity index (χ0n) is 20.8. The van der Waals surface area contributed by atoms with Crippen molar-refractivity contribution in [2.75, 3.05) is 11.8 Å². The van der Waals surface area contributed by atoms with Crippen LogP contribution >= 0.6 is 11.6 Å². The molecule has 198 valence electrons. The van der Waals surface area contributed by atoms with Crippen LogP contribution in [0.3, 0.4) is 0 Å². The molecule has 2 N–H and O–H groups in total. The van der Waals surface area contributed by atoms with Crippen LogP contribution < -0.4 is 15.6 Å². The van der Waals surface area contributed by atoms with Crippen molar-refractivity contribution in [3.8, 4) is 11.1 Å². The Kier molecular flexibility index (Phi) is 7.79. The third-order valence-electron chi connectivity index (χ3n) is 6.05. The maximum Gasteiger partial charge on any atom is 0.263 e. The fraction of sp³-hybridized carbons (Fsp3) is 0.231. The number of carbonyl (C=O) groups is 1.